The number of benzene rings is 1. The molecular formula is C17H16ClN3O3. The highest BCUT2D eigenvalue weighted by Crippen LogP contribution is 2.30. The summed E-state index contributed by atoms with van der Waals surface area (Å²) in [5.74, 6) is -0.478. The molecule has 1 aliphatic rings. The molecule has 2 aromatic rings. The minimum absolute atomic E-state index is 0.164. The summed E-state index contributed by atoms with van der Waals surface area (Å²) in [6.07, 6.45) is 1.88. The number of para-hydroxylation sites is 1. The number of aromatic nitrogens is 1. The van der Waals surface area contributed by atoms with Crippen LogP contribution < -0.4 is 10.5 Å². The predicted molar refractivity (Wildman–Crippen MR) is 91.4 cm³/mol. The zero-order chi connectivity index (χ0) is 17.3. The minimum Gasteiger partial charge on any atom is -0.330 e. The van der Waals surface area contributed by atoms with Crippen LogP contribution >= 0.6 is 11.6 Å². The maximum Gasteiger partial charge on any atom is 0.255 e. The van der Waals surface area contributed by atoms with Gasteiger partial charge in [0.2, 0.25) is 11.5 Å². The van der Waals surface area contributed by atoms with Crippen molar-refractivity contribution in [3.05, 3.63) is 63.5 Å². The number of aromatic amines is 1. The van der Waals surface area contributed by atoms with Gasteiger partial charge in [0.25, 0.3) is 5.91 Å². The lowest BCUT2D eigenvalue weighted by atomic mass is 10.2. The van der Waals surface area contributed by atoms with Crippen molar-refractivity contribution in [3.8, 4) is 0 Å². The van der Waals surface area contributed by atoms with Gasteiger partial charge < -0.3 is 14.8 Å². The summed E-state index contributed by atoms with van der Waals surface area (Å²) in [6.45, 7) is 0.497. The molecule has 1 saturated heterocycles. The van der Waals surface area contributed by atoms with Crippen molar-refractivity contribution in [2.24, 2.45) is 0 Å². The Labute approximate surface area is 143 Å². The third-order valence-corrected chi connectivity index (χ3v) is 4.46. The topological polar surface area (TPSA) is 73.5 Å². The average Bonchev–Trinajstić information content (AvgIpc) is 2.96. The molecule has 1 fully saturated rings. The van der Waals surface area contributed by atoms with E-state index in [0.717, 1.165) is 0 Å². The fourth-order valence-corrected chi connectivity index (χ4v) is 3.06. The second-order valence-electron chi connectivity index (χ2n) is 5.60. The van der Waals surface area contributed by atoms with Crippen LogP contribution in [0, 0.1) is 0 Å². The van der Waals surface area contributed by atoms with Crippen LogP contribution in [0.15, 0.2) is 47.4 Å². The van der Waals surface area contributed by atoms with Gasteiger partial charge in [-0.3, -0.25) is 14.4 Å². The van der Waals surface area contributed by atoms with Gasteiger partial charge in [-0.15, -0.1) is 0 Å². The second-order valence-corrected chi connectivity index (χ2v) is 6.01. The Hall–Kier alpha value is -2.60. The fraction of sp³-hybridized carbons (Fsp3) is 0.235. The SMILES string of the molecule is CN(C(=O)c1ccc(=O)[nH]c1)[C@@H]1CCN(c2ccccc2Cl)C1=O. The van der Waals surface area contributed by atoms with E-state index in [1.165, 1.54) is 23.2 Å². The molecule has 1 aromatic heterocycles. The van der Waals surface area contributed by atoms with Crippen molar-refractivity contribution in [2.75, 3.05) is 18.5 Å². The van der Waals surface area contributed by atoms with Gasteiger partial charge in [-0.25, -0.2) is 0 Å². The number of carbonyl (C=O) groups is 2. The van der Waals surface area contributed by atoms with Crippen LogP contribution in [-0.2, 0) is 4.79 Å². The van der Waals surface area contributed by atoms with E-state index in [-0.39, 0.29) is 17.4 Å². The van der Waals surface area contributed by atoms with E-state index in [0.29, 0.717) is 29.2 Å². The molecule has 0 bridgehead atoms. The van der Waals surface area contributed by atoms with Crippen molar-refractivity contribution in [2.45, 2.75) is 12.5 Å². The Morgan fingerprint density at radius 3 is 2.67 bits per heavy atom. The first-order chi connectivity index (χ1) is 11.5. The normalized spacial score (nSPS) is 17.2. The Balaban J connectivity index is 1.79. The summed E-state index contributed by atoms with van der Waals surface area (Å²) in [5.41, 5.74) is 0.702. The van der Waals surface area contributed by atoms with Crippen molar-refractivity contribution < 1.29 is 9.59 Å². The summed E-state index contributed by atoms with van der Waals surface area (Å²) < 4.78 is 0. The number of amides is 2. The number of nitrogens with one attached hydrogen (secondary N) is 1. The molecule has 1 N–H and O–H groups in total. The average molecular weight is 346 g/mol. The van der Waals surface area contributed by atoms with Crippen LogP contribution in [0.2, 0.25) is 5.02 Å². The highest BCUT2D eigenvalue weighted by molar-refractivity contribution is 6.34. The van der Waals surface area contributed by atoms with E-state index in [1.807, 2.05) is 6.07 Å². The minimum atomic E-state index is -0.555. The summed E-state index contributed by atoms with van der Waals surface area (Å²) in [5, 5.41) is 0.501. The molecule has 24 heavy (non-hydrogen) atoms. The lowest BCUT2D eigenvalue weighted by Gasteiger charge is -2.24. The number of likely N-dealkylation sites (N-methyl/N-ethyl adjacent to an activating group) is 1. The molecule has 3 rings (SSSR count). The molecule has 0 saturated carbocycles. The number of anilines is 1. The smallest absolute Gasteiger partial charge is 0.255 e. The third kappa shape index (κ3) is 2.92. The predicted octanol–water partition coefficient (Wildman–Crippen LogP) is 1.91. The van der Waals surface area contributed by atoms with Crippen LogP contribution in [0.4, 0.5) is 5.69 Å². The van der Waals surface area contributed by atoms with Crippen molar-refractivity contribution >= 4 is 29.1 Å². The van der Waals surface area contributed by atoms with E-state index >= 15 is 0 Å². The van der Waals surface area contributed by atoms with Gasteiger partial charge in [-0.05, 0) is 24.6 Å². The monoisotopic (exact) mass is 345 g/mol. The Morgan fingerprint density at radius 1 is 1.25 bits per heavy atom. The first kappa shape index (κ1) is 16.3. The van der Waals surface area contributed by atoms with Gasteiger partial charge in [0, 0.05) is 25.9 Å². The Bertz CT molecular complexity index is 828. The lowest BCUT2D eigenvalue weighted by Crippen LogP contribution is -2.43. The molecule has 1 aromatic carbocycles. The van der Waals surface area contributed by atoms with Gasteiger partial charge in [0.1, 0.15) is 6.04 Å². The quantitative estimate of drug-likeness (QED) is 0.923. The molecular weight excluding hydrogens is 330 g/mol. The molecule has 0 radical (unpaired) electrons. The van der Waals surface area contributed by atoms with E-state index in [2.05, 4.69) is 4.98 Å². The number of hydrogen-bond acceptors (Lipinski definition) is 3. The van der Waals surface area contributed by atoms with Crippen LogP contribution in [-0.4, -0.2) is 41.3 Å². The molecule has 0 aliphatic carbocycles. The number of pyridine rings is 1. The zero-order valence-corrected chi connectivity index (χ0v) is 13.8. The Morgan fingerprint density at radius 2 is 2.00 bits per heavy atom. The standard InChI is InChI=1S/C17H16ClN3O3/c1-20(16(23)11-6-7-15(22)19-10-11)14-8-9-21(17(14)24)13-5-3-2-4-12(13)18/h2-7,10,14H,8-9H2,1H3,(H,19,22)/t14-/m1/s1. The van der Waals surface area contributed by atoms with E-state index in [9.17, 15) is 14.4 Å². The highest BCUT2D eigenvalue weighted by atomic mass is 35.5. The van der Waals surface area contributed by atoms with Crippen LogP contribution in [0.25, 0.3) is 0 Å². The molecule has 6 nitrogen and oxygen atoms in total. The maximum atomic E-state index is 12.7. The van der Waals surface area contributed by atoms with Gasteiger partial charge in [0.05, 0.1) is 16.3 Å². The maximum absolute atomic E-state index is 12.7. The van der Waals surface area contributed by atoms with Crippen LogP contribution in [0.5, 0.6) is 0 Å². The number of nitrogens with zero attached hydrogens (tertiary/aromatic N) is 2. The van der Waals surface area contributed by atoms with E-state index < -0.39 is 6.04 Å². The highest BCUT2D eigenvalue weighted by Gasteiger charge is 2.38. The molecule has 2 heterocycles. The van der Waals surface area contributed by atoms with Crippen molar-refractivity contribution in [3.63, 3.8) is 0 Å². The fourth-order valence-electron chi connectivity index (χ4n) is 2.82. The third-order valence-electron chi connectivity index (χ3n) is 4.14. The first-order valence-corrected chi connectivity index (χ1v) is 7.88. The first-order valence-electron chi connectivity index (χ1n) is 7.51. The lowest BCUT2D eigenvalue weighted by molar-refractivity contribution is -0.120. The summed E-state index contributed by atoms with van der Waals surface area (Å²) in [7, 11) is 1.59. The largest absolute Gasteiger partial charge is 0.330 e. The van der Waals surface area contributed by atoms with Crippen LogP contribution in [0.1, 0.15) is 16.8 Å². The number of hydrogen-bond donors (Lipinski definition) is 1. The zero-order valence-electron chi connectivity index (χ0n) is 13.0. The van der Waals surface area contributed by atoms with Gasteiger partial charge >= 0.3 is 0 Å². The summed E-state index contributed by atoms with van der Waals surface area (Å²) in [4.78, 5) is 41.8. The van der Waals surface area contributed by atoms with Crippen molar-refractivity contribution in [1.29, 1.82) is 0 Å². The van der Waals surface area contributed by atoms with Gasteiger partial charge in [0.15, 0.2) is 0 Å². The van der Waals surface area contributed by atoms with E-state index in [4.69, 9.17) is 11.6 Å². The van der Waals surface area contributed by atoms with E-state index in [1.54, 1.807) is 30.1 Å². The van der Waals surface area contributed by atoms with Gasteiger partial charge in [-0.1, -0.05) is 23.7 Å². The second kappa shape index (κ2) is 6.49. The van der Waals surface area contributed by atoms with Crippen molar-refractivity contribution in [1.82, 2.24) is 9.88 Å². The van der Waals surface area contributed by atoms with Gasteiger partial charge in [-0.2, -0.15) is 0 Å². The number of H-pyrrole nitrogens is 1. The molecule has 1 atom stereocenters. The number of carbonyl (C=O) groups excluding carboxylic acids is 2. The summed E-state index contributed by atoms with van der Waals surface area (Å²) >= 11 is 6.16. The molecule has 0 unspecified atom stereocenters. The molecule has 124 valence electrons. The summed E-state index contributed by atoms with van der Waals surface area (Å²) in [6, 6.07) is 9.31. The molecule has 0 spiro atoms. The molecule has 7 heteroatoms. The molecule has 2 amide bonds. The number of rotatable bonds is 3. The Kier molecular flexibility index (Phi) is 4.40. The van der Waals surface area contributed by atoms with Crippen LogP contribution in [0.3, 0.4) is 0 Å². The molecule has 1 aliphatic heterocycles. The number of halogens is 1.